The molecule has 0 N–H and O–H groups in total. The monoisotopic (exact) mass is 338 g/mol. The molecule has 0 radical (unpaired) electrons. The number of nitrogens with zero attached hydrogens (tertiary/aromatic N) is 4. The van der Waals surface area contributed by atoms with Crippen LogP contribution in [0.15, 0.2) is 48.6 Å². The first-order chi connectivity index (χ1) is 11.3. The molecule has 4 nitrogen and oxygen atoms in total. The van der Waals surface area contributed by atoms with Gasteiger partial charge < -0.3 is 17.6 Å². The summed E-state index contributed by atoms with van der Waals surface area (Å²) in [4.78, 5) is 6.64. The van der Waals surface area contributed by atoms with Crippen LogP contribution in [0, 0.1) is 0 Å². The summed E-state index contributed by atoms with van der Waals surface area (Å²) in [7, 11) is 0. The van der Waals surface area contributed by atoms with Crippen molar-refractivity contribution in [2.45, 2.75) is 6.18 Å². The highest BCUT2D eigenvalue weighted by Crippen LogP contribution is 2.38. The van der Waals surface area contributed by atoms with Crippen LogP contribution in [0.1, 0.15) is 17.1 Å². The van der Waals surface area contributed by atoms with E-state index in [-0.39, 0.29) is 17.0 Å². The molecule has 0 spiro atoms. The van der Waals surface area contributed by atoms with Crippen molar-refractivity contribution in [1.82, 2.24) is 14.4 Å². The first-order valence-corrected chi connectivity index (χ1v) is 6.94. The number of fused-ring (bicyclic) bond motifs is 2. The minimum absolute atomic E-state index is 0.203. The maximum absolute atomic E-state index is 14.6. The predicted molar refractivity (Wildman–Crippen MR) is 76.3 cm³/mol. The Morgan fingerprint density at radius 3 is 2.50 bits per heavy atom. The van der Waals surface area contributed by atoms with Crippen LogP contribution in [0.4, 0.5) is 21.8 Å². The predicted octanol–water partition coefficient (Wildman–Crippen LogP) is 2.95. The van der Waals surface area contributed by atoms with Gasteiger partial charge in [-0.1, -0.05) is 0 Å². The maximum Gasteiger partial charge on any atom is 0.737 e. The molecule has 122 valence electrons. The van der Waals surface area contributed by atoms with Crippen molar-refractivity contribution >= 4 is 18.8 Å². The van der Waals surface area contributed by atoms with E-state index in [0.717, 1.165) is 21.4 Å². The minimum atomic E-state index is -4.66. The van der Waals surface area contributed by atoms with Gasteiger partial charge in [-0.25, -0.2) is 9.97 Å². The lowest BCUT2D eigenvalue weighted by atomic mass is 9.87. The lowest BCUT2D eigenvalue weighted by molar-refractivity contribution is -0.356. The number of halogens is 5. The van der Waals surface area contributed by atoms with Crippen molar-refractivity contribution < 1.29 is 26.3 Å². The number of hydrogen-bond donors (Lipinski definition) is 0. The van der Waals surface area contributed by atoms with Gasteiger partial charge in [0.05, 0.1) is 5.57 Å². The average molecular weight is 338 g/mol. The molecule has 2 aromatic heterocycles. The first kappa shape index (κ1) is 14.8. The quantitative estimate of drug-likeness (QED) is 0.592. The Morgan fingerprint density at radius 2 is 1.83 bits per heavy atom. The molecule has 4 heterocycles. The maximum atomic E-state index is 14.6. The summed E-state index contributed by atoms with van der Waals surface area (Å²) < 4.78 is 68.6. The average Bonchev–Trinajstić information content (AvgIpc) is 3.17. The number of hydrogen-bond acceptors (Lipinski definition) is 2. The molecule has 10 heteroatoms. The number of rotatable bonds is 1. The Balaban J connectivity index is 1.92. The number of aromatic nitrogens is 3. The Kier molecular flexibility index (Phi) is 2.85. The van der Waals surface area contributed by atoms with Gasteiger partial charge in [-0.2, -0.15) is 13.2 Å². The molecule has 0 unspecified atom stereocenters. The molecule has 0 saturated carbocycles. The fraction of sp³-hybridized carbons (Fsp3) is 0.0714. The highest BCUT2D eigenvalue weighted by Gasteiger charge is 2.51. The van der Waals surface area contributed by atoms with Gasteiger partial charge in [0.25, 0.3) is 0 Å². The highest BCUT2D eigenvalue weighted by molar-refractivity contribution is 6.57. The summed E-state index contributed by atoms with van der Waals surface area (Å²) in [6, 6.07) is 2.95. The van der Waals surface area contributed by atoms with Crippen LogP contribution in [-0.2, 0) is 6.18 Å². The molecular weight excluding hydrogens is 330 g/mol. The van der Waals surface area contributed by atoms with E-state index in [1.165, 1.54) is 36.7 Å². The van der Waals surface area contributed by atoms with Crippen LogP contribution in [0.5, 0.6) is 0 Å². The molecule has 24 heavy (non-hydrogen) atoms. The summed E-state index contributed by atoms with van der Waals surface area (Å²) >= 11 is 0. The van der Waals surface area contributed by atoms with Crippen molar-refractivity contribution in [2.24, 2.45) is 0 Å². The Bertz CT molecular complexity index is 921. The van der Waals surface area contributed by atoms with Gasteiger partial charge in [0.15, 0.2) is 5.70 Å². The molecular formula is C14H8BF5N4. The van der Waals surface area contributed by atoms with Gasteiger partial charge in [0, 0.05) is 35.8 Å². The molecule has 0 aliphatic carbocycles. The first-order valence-electron chi connectivity index (χ1n) is 6.94. The fourth-order valence-corrected chi connectivity index (χ4v) is 2.92. The third kappa shape index (κ3) is 1.95. The second-order valence-electron chi connectivity index (χ2n) is 5.36. The van der Waals surface area contributed by atoms with Gasteiger partial charge in [-0.05, 0) is 18.3 Å². The van der Waals surface area contributed by atoms with Crippen molar-refractivity contribution in [2.75, 3.05) is 0 Å². The van der Waals surface area contributed by atoms with Gasteiger partial charge in [0.1, 0.15) is 6.21 Å². The zero-order chi connectivity index (χ0) is 17.1. The SMILES string of the molecule is F[B-]1(F)n2cccc2C(c2cnc(C(F)(F)F)nc2)=C2C=CC=[N+]21. The van der Waals surface area contributed by atoms with Crippen molar-refractivity contribution in [3.8, 4) is 0 Å². The van der Waals surface area contributed by atoms with Crippen LogP contribution in [-0.4, -0.2) is 32.1 Å². The Morgan fingerprint density at radius 1 is 1.12 bits per heavy atom. The van der Waals surface area contributed by atoms with E-state index in [1.54, 1.807) is 0 Å². The van der Waals surface area contributed by atoms with Crippen molar-refractivity contribution in [3.63, 3.8) is 0 Å². The van der Waals surface area contributed by atoms with Gasteiger partial charge in [0.2, 0.25) is 5.82 Å². The van der Waals surface area contributed by atoms with Crippen LogP contribution >= 0.6 is 0 Å². The van der Waals surface area contributed by atoms with Gasteiger partial charge >= 0.3 is 13.1 Å². The zero-order valence-corrected chi connectivity index (χ0v) is 11.9. The van der Waals surface area contributed by atoms with E-state index in [9.17, 15) is 21.8 Å². The second-order valence-corrected chi connectivity index (χ2v) is 5.36. The fourth-order valence-electron chi connectivity index (χ4n) is 2.92. The third-order valence-electron chi connectivity index (χ3n) is 3.93. The van der Waals surface area contributed by atoms with Crippen LogP contribution < -0.4 is 0 Å². The molecule has 0 atom stereocenters. The van der Waals surface area contributed by atoms with Gasteiger partial charge in [-0.3, -0.25) is 0 Å². The normalized spacial score (nSPS) is 18.5. The van der Waals surface area contributed by atoms with Crippen LogP contribution in [0.25, 0.3) is 5.57 Å². The molecule has 4 rings (SSSR count). The van der Waals surface area contributed by atoms with E-state index in [2.05, 4.69) is 9.97 Å². The second kappa shape index (κ2) is 4.62. The zero-order valence-electron chi connectivity index (χ0n) is 11.9. The molecule has 0 bridgehead atoms. The summed E-state index contributed by atoms with van der Waals surface area (Å²) in [5.41, 5.74) is 0.991. The van der Waals surface area contributed by atoms with Crippen LogP contribution in [0.2, 0.25) is 0 Å². The Labute approximate surface area is 132 Å². The highest BCUT2D eigenvalue weighted by atomic mass is 19.4. The van der Waals surface area contributed by atoms with Gasteiger partial charge in [-0.15, -0.1) is 0 Å². The summed E-state index contributed by atoms with van der Waals surface area (Å²) in [6.45, 7) is -4.05. The van der Waals surface area contributed by atoms with E-state index in [4.69, 9.17) is 0 Å². The molecule has 2 aliphatic rings. The third-order valence-corrected chi connectivity index (χ3v) is 3.93. The molecule has 0 fully saturated rings. The smallest absolute Gasteiger partial charge is 0.396 e. The molecule has 0 saturated heterocycles. The van der Waals surface area contributed by atoms with Crippen LogP contribution in [0.3, 0.4) is 0 Å². The minimum Gasteiger partial charge on any atom is -0.396 e. The van der Waals surface area contributed by atoms with E-state index >= 15 is 0 Å². The number of alkyl halides is 3. The standard InChI is InChI=1S/C14H8BF5N4/c16-14(17,18)13-21-7-9(8-22-13)12-10-3-1-5-23(10)15(19,20)24-6-2-4-11(12)24/h1-8H. The molecule has 0 aromatic carbocycles. The van der Waals surface area contributed by atoms with Crippen molar-refractivity contribution in [1.29, 1.82) is 0 Å². The molecule has 2 aliphatic heterocycles. The molecule has 0 amide bonds. The van der Waals surface area contributed by atoms with E-state index in [0.29, 0.717) is 5.57 Å². The van der Waals surface area contributed by atoms with E-state index in [1.807, 2.05) is 0 Å². The largest absolute Gasteiger partial charge is 0.737 e. The lowest BCUT2D eigenvalue weighted by Gasteiger charge is -2.30. The van der Waals surface area contributed by atoms with Crippen molar-refractivity contribution in [3.05, 3.63) is 65.7 Å². The number of allylic oxidation sites excluding steroid dienone is 2. The Hall–Kier alpha value is -2.78. The summed E-state index contributed by atoms with van der Waals surface area (Å²) in [5, 5.41) is 0. The van der Waals surface area contributed by atoms with E-state index < -0.39 is 19.0 Å². The summed E-state index contributed by atoms with van der Waals surface area (Å²) in [5.74, 6) is -1.28. The lowest BCUT2D eigenvalue weighted by Crippen LogP contribution is -2.49. The topological polar surface area (TPSA) is 33.7 Å². The molecule has 2 aromatic rings. The summed E-state index contributed by atoms with van der Waals surface area (Å²) in [6.07, 6.45) is 2.76.